The van der Waals surface area contributed by atoms with E-state index in [2.05, 4.69) is 38.2 Å². The van der Waals surface area contributed by atoms with Crippen molar-refractivity contribution in [3.05, 3.63) is 65.2 Å². The molecule has 2 aromatic carbocycles. The maximum Gasteiger partial charge on any atom is 0.181 e. The second-order valence-corrected chi connectivity index (χ2v) is 6.34. The molecule has 1 atom stereocenters. The van der Waals surface area contributed by atoms with Crippen molar-refractivity contribution < 1.29 is 8.78 Å². The lowest BCUT2D eigenvalue weighted by molar-refractivity contribution is 0.510. The first-order valence-electron chi connectivity index (χ1n) is 7.10. The molecule has 3 heteroatoms. The molecule has 0 heterocycles. The van der Waals surface area contributed by atoms with Gasteiger partial charge in [0.05, 0.1) is 5.69 Å². The van der Waals surface area contributed by atoms with Gasteiger partial charge in [0.1, 0.15) is 0 Å². The minimum Gasteiger partial charge on any atom is -0.376 e. The molecule has 0 saturated carbocycles. The van der Waals surface area contributed by atoms with Crippen molar-refractivity contribution in [3.63, 3.8) is 0 Å². The monoisotopic (exact) mass is 289 g/mol. The lowest BCUT2D eigenvalue weighted by atomic mass is 9.86. The standard InChI is InChI=1S/C18H21F2N/c1-12(21-16-7-5-6-15(19)17(16)20)13-8-10-14(11-9-13)18(2,3)4/h5-12,21H,1-4H3. The van der Waals surface area contributed by atoms with Crippen molar-refractivity contribution in [2.45, 2.75) is 39.2 Å². The van der Waals surface area contributed by atoms with Gasteiger partial charge in [-0.05, 0) is 35.6 Å². The largest absolute Gasteiger partial charge is 0.376 e. The molecule has 1 unspecified atom stereocenters. The maximum absolute atomic E-state index is 13.7. The number of hydrogen-bond donors (Lipinski definition) is 1. The summed E-state index contributed by atoms with van der Waals surface area (Å²) in [7, 11) is 0. The number of rotatable bonds is 3. The van der Waals surface area contributed by atoms with Gasteiger partial charge in [-0.2, -0.15) is 0 Å². The summed E-state index contributed by atoms with van der Waals surface area (Å²) in [5.74, 6) is -1.68. The summed E-state index contributed by atoms with van der Waals surface area (Å²) < 4.78 is 26.9. The van der Waals surface area contributed by atoms with Gasteiger partial charge in [-0.1, -0.05) is 51.1 Å². The normalized spacial score (nSPS) is 13.0. The highest BCUT2D eigenvalue weighted by atomic mass is 19.2. The zero-order valence-corrected chi connectivity index (χ0v) is 12.9. The van der Waals surface area contributed by atoms with Gasteiger partial charge in [0.25, 0.3) is 0 Å². The van der Waals surface area contributed by atoms with Crippen LogP contribution >= 0.6 is 0 Å². The predicted molar refractivity (Wildman–Crippen MR) is 83.5 cm³/mol. The van der Waals surface area contributed by atoms with Crippen molar-refractivity contribution in [1.29, 1.82) is 0 Å². The molecule has 0 bridgehead atoms. The molecule has 0 radical (unpaired) electrons. The molecule has 0 aliphatic carbocycles. The number of halogens is 2. The van der Waals surface area contributed by atoms with Crippen LogP contribution in [0.3, 0.4) is 0 Å². The van der Waals surface area contributed by atoms with Crippen LogP contribution in [0.15, 0.2) is 42.5 Å². The predicted octanol–water partition coefficient (Wildman–Crippen LogP) is 5.44. The van der Waals surface area contributed by atoms with E-state index in [1.54, 1.807) is 6.07 Å². The number of nitrogens with one attached hydrogen (secondary N) is 1. The zero-order valence-electron chi connectivity index (χ0n) is 12.9. The second kappa shape index (κ2) is 5.84. The molecule has 0 spiro atoms. The quantitative estimate of drug-likeness (QED) is 0.793. The molecular formula is C18H21F2N. The number of hydrogen-bond acceptors (Lipinski definition) is 1. The summed E-state index contributed by atoms with van der Waals surface area (Å²) in [6.07, 6.45) is 0. The van der Waals surface area contributed by atoms with E-state index in [-0.39, 0.29) is 17.1 Å². The van der Waals surface area contributed by atoms with E-state index in [1.165, 1.54) is 11.6 Å². The number of anilines is 1. The van der Waals surface area contributed by atoms with Gasteiger partial charge in [0, 0.05) is 6.04 Å². The topological polar surface area (TPSA) is 12.0 Å². The van der Waals surface area contributed by atoms with Gasteiger partial charge < -0.3 is 5.32 Å². The smallest absolute Gasteiger partial charge is 0.181 e. The van der Waals surface area contributed by atoms with E-state index >= 15 is 0 Å². The van der Waals surface area contributed by atoms with E-state index in [0.29, 0.717) is 0 Å². The minimum atomic E-state index is -0.838. The first-order chi connectivity index (χ1) is 9.79. The fraction of sp³-hybridized carbons (Fsp3) is 0.333. The summed E-state index contributed by atoms with van der Waals surface area (Å²) in [6, 6.07) is 12.3. The Morgan fingerprint density at radius 3 is 2.14 bits per heavy atom. The lowest BCUT2D eigenvalue weighted by Crippen LogP contribution is -2.12. The van der Waals surface area contributed by atoms with E-state index in [4.69, 9.17) is 0 Å². The van der Waals surface area contributed by atoms with Crippen LogP contribution in [0.2, 0.25) is 0 Å². The van der Waals surface area contributed by atoms with Gasteiger partial charge >= 0.3 is 0 Å². The Kier molecular flexibility index (Phi) is 4.31. The molecule has 0 aliphatic heterocycles. The van der Waals surface area contributed by atoms with E-state index < -0.39 is 11.6 Å². The Balaban J connectivity index is 2.17. The molecule has 1 nitrogen and oxygen atoms in total. The Morgan fingerprint density at radius 2 is 1.57 bits per heavy atom. The highest BCUT2D eigenvalue weighted by Crippen LogP contribution is 2.26. The first-order valence-corrected chi connectivity index (χ1v) is 7.10. The summed E-state index contributed by atoms with van der Waals surface area (Å²) in [6.45, 7) is 8.40. The molecule has 21 heavy (non-hydrogen) atoms. The molecule has 0 amide bonds. The molecule has 0 aromatic heterocycles. The molecular weight excluding hydrogens is 268 g/mol. The van der Waals surface area contributed by atoms with Crippen LogP contribution in [-0.2, 0) is 5.41 Å². The van der Waals surface area contributed by atoms with Gasteiger partial charge in [-0.25, -0.2) is 8.78 Å². The fourth-order valence-corrected chi connectivity index (χ4v) is 2.20. The second-order valence-electron chi connectivity index (χ2n) is 6.34. The van der Waals surface area contributed by atoms with Crippen LogP contribution in [-0.4, -0.2) is 0 Å². The number of benzene rings is 2. The van der Waals surface area contributed by atoms with E-state index in [9.17, 15) is 8.78 Å². The molecule has 0 aliphatic rings. The van der Waals surface area contributed by atoms with Crippen molar-refractivity contribution >= 4 is 5.69 Å². The third kappa shape index (κ3) is 3.60. The van der Waals surface area contributed by atoms with E-state index in [0.717, 1.165) is 11.6 Å². The van der Waals surface area contributed by atoms with Gasteiger partial charge in [0.2, 0.25) is 0 Å². The van der Waals surface area contributed by atoms with Gasteiger partial charge in [-0.15, -0.1) is 0 Å². The SMILES string of the molecule is CC(Nc1cccc(F)c1F)c1ccc(C(C)(C)C)cc1. The van der Waals surface area contributed by atoms with Crippen LogP contribution in [0.4, 0.5) is 14.5 Å². The van der Waals surface area contributed by atoms with Crippen molar-refractivity contribution in [3.8, 4) is 0 Å². The van der Waals surface area contributed by atoms with Gasteiger partial charge in [0.15, 0.2) is 11.6 Å². The third-order valence-corrected chi connectivity index (χ3v) is 3.60. The Labute approximate surface area is 125 Å². The van der Waals surface area contributed by atoms with Crippen LogP contribution in [0, 0.1) is 11.6 Å². The maximum atomic E-state index is 13.7. The Morgan fingerprint density at radius 1 is 0.952 bits per heavy atom. The highest BCUT2D eigenvalue weighted by Gasteiger charge is 2.15. The van der Waals surface area contributed by atoms with Crippen molar-refractivity contribution in [2.75, 3.05) is 5.32 Å². The summed E-state index contributed by atoms with van der Waals surface area (Å²) in [5, 5.41) is 3.01. The average molecular weight is 289 g/mol. The Hall–Kier alpha value is -1.90. The summed E-state index contributed by atoms with van der Waals surface area (Å²) >= 11 is 0. The van der Waals surface area contributed by atoms with Crippen molar-refractivity contribution in [1.82, 2.24) is 0 Å². The van der Waals surface area contributed by atoms with Crippen LogP contribution < -0.4 is 5.32 Å². The van der Waals surface area contributed by atoms with Crippen LogP contribution in [0.25, 0.3) is 0 Å². The first kappa shape index (κ1) is 15.5. The molecule has 1 N–H and O–H groups in total. The zero-order chi connectivity index (χ0) is 15.6. The van der Waals surface area contributed by atoms with Gasteiger partial charge in [-0.3, -0.25) is 0 Å². The van der Waals surface area contributed by atoms with E-state index in [1.807, 2.05) is 19.1 Å². The Bertz CT molecular complexity index is 612. The fourth-order valence-electron chi connectivity index (χ4n) is 2.20. The molecule has 0 fully saturated rings. The highest BCUT2D eigenvalue weighted by molar-refractivity contribution is 5.47. The summed E-state index contributed by atoms with van der Waals surface area (Å²) in [5.41, 5.74) is 2.56. The summed E-state index contributed by atoms with van der Waals surface area (Å²) in [4.78, 5) is 0. The third-order valence-electron chi connectivity index (χ3n) is 3.60. The minimum absolute atomic E-state index is 0.101. The molecule has 112 valence electrons. The van der Waals surface area contributed by atoms with Crippen LogP contribution in [0.5, 0.6) is 0 Å². The average Bonchev–Trinajstić information content (AvgIpc) is 2.43. The molecule has 0 saturated heterocycles. The molecule has 2 rings (SSSR count). The van der Waals surface area contributed by atoms with Crippen molar-refractivity contribution in [2.24, 2.45) is 0 Å². The van der Waals surface area contributed by atoms with Crippen LogP contribution in [0.1, 0.15) is 44.9 Å². The molecule has 2 aromatic rings. The lowest BCUT2D eigenvalue weighted by Gasteiger charge is -2.21.